The lowest BCUT2D eigenvalue weighted by molar-refractivity contribution is 0.0142. The van der Waals surface area contributed by atoms with Crippen LogP contribution in [-0.2, 0) is 17.9 Å². The highest BCUT2D eigenvalue weighted by Gasteiger charge is 2.15. The lowest BCUT2D eigenvalue weighted by atomic mass is 10.3. The quantitative estimate of drug-likeness (QED) is 0.712. The normalized spacial score (nSPS) is 12.4. The molecule has 2 heterocycles. The molecule has 3 aromatic rings. The molecule has 6 nitrogen and oxygen atoms in total. The molecule has 25 heavy (non-hydrogen) atoms. The zero-order valence-corrected chi connectivity index (χ0v) is 13.8. The number of furan rings is 1. The third-order valence-electron chi connectivity index (χ3n) is 3.77. The van der Waals surface area contributed by atoms with Crippen LogP contribution in [0.5, 0.6) is 0 Å². The molecule has 1 atom stereocenters. The SMILES string of the molecule is Cc1cn(CC(O)COCc2ccco2)c(=O)n1-c1ccccc1F. The molecular weight excluding hydrogens is 327 g/mol. The molecule has 7 heteroatoms. The number of aliphatic hydroxyl groups excluding tert-OH is 1. The van der Waals surface area contributed by atoms with Gasteiger partial charge in [-0.25, -0.2) is 9.18 Å². The number of aryl methyl sites for hydroxylation is 1. The van der Waals surface area contributed by atoms with Crippen LogP contribution in [0.15, 0.2) is 58.1 Å². The summed E-state index contributed by atoms with van der Waals surface area (Å²) in [5.74, 6) is 0.179. The lowest BCUT2D eigenvalue weighted by Gasteiger charge is -2.11. The molecule has 1 N–H and O–H groups in total. The van der Waals surface area contributed by atoms with Gasteiger partial charge in [-0.2, -0.15) is 0 Å². The van der Waals surface area contributed by atoms with Crippen LogP contribution < -0.4 is 5.69 Å². The third kappa shape index (κ3) is 3.89. The van der Waals surface area contributed by atoms with E-state index in [0.29, 0.717) is 11.5 Å². The van der Waals surface area contributed by atoms with Crippen LogP contribution >= 0.6 is 0 Å². The average Bonchev–Trinajstić information content (AvgIpc) is 3.18. The molecule has 1 aromatic carbocycles. The van der Waals surface area contributed by atoms with E-state index in [1.165, 1.54) is 21.3 Å². The predicted molar refractivity (Wildman–Crippen MR) is 89.1 cm³/mol. The summed E-state index contributed by atoms with van der Waals surface area (Å²) >= 11 is 0. The molecule has 132 valence electrons. The number of hydrogen-bond donors (Lipinski definition) is 1. The van der Waals surface area contributed by atoms with E-state index in [1.54, 1.807) is 43.6 Å². The Kier molecular flexibility index (Phi) is 5.16. The van der Waals surface area contributed by atoms with E-state index >= 15 is 0 Å². The topological polar surface area (TPSA) is 69.5 Å². The van der Waals surface area contributed by atoms with Crippen LogP contribution in [0.2, 0.25) is 0 Å². The largest absolute Gasteiger partial charge is 0.467 e. The number of rotatable bonds is 7. The molecule has 0 aliphatic heterocycles. The van der Waals surface area contributed by atoms with Crippen LogP contribution in [-0.4, -0.2) is 27.0 Å². The average molecular weight is 346 g/mol. The minimum absolute atomic E-state index is 0.0526. The van der Waals surface area contributed by atoms with Gasteiger partial charge < -0.3 is 14.3 Å². The minimum Gasteiger partial charge on any atom is -0.467 e. The number of ether oxygens (including phenoxy) is 1. The van der Waals surface area contributed by atoms with E-state index in [1.807, 2.05) is 0 Å². The number of aromatic nitrogens is 2. The van der Waals surface area contributed by atoms with Crippen molar-refractivity contribution in [1.29, 1.82) is 0 Å². The van der Waals surface area contributed by atoms with Crippen molar-refractivity contribution >= 4 is 0 Å². The van der Waals surface area contributed by atoms with Crippen molar-refractivity contribution in [3.63, 3.8) is 0 Å². The van der Waals surface area contributed by atoms with Crippen molar-refractivity contribution in [2.45, 2.75) is 26.2 Å². The van der Waals surface area contributed by atoms with Crippen LogP contribution in [0, 0.1) is 12.7 Å². The molecule has 0 aliphatic rings. The van der Waals surface area contributed by atoms with Gasteiger partial charge in [-0.1, -0.05) is 12.1 Å². The predicted octanol–water partition coefficient (Wildman–Crippen LogP) is 2.26. The molecule has 0 amide bonds. The van der Waals surface area contributed by atoms with Crippen LogP contribution in [0.3, 0.4) is 0 Å². The number of hydrogen-bond acceptors (Lipinski definition) is 4. The van der Waals surface area contributed by atoms with Gasteiger partial charge in [-0.15, -0.1) is 0 Å². The Labute approximate surface area is 143 Å². The highest BCUT2D eigenvalue weighted by molar-refractivity contribution is 5.35. The first-order valence-corrected chi connectivity index (χ1v) is 7.88. The first-order valence-electron chi connectivity index (χ1n) is 7.88. The number of imidazole rings is 1. The molecule has 0 radical (unpaired) electrons. The van der Waals surface area contributed by atoms with Gasteiger partial charge in [0, 0.05) is 11.9 Å². The van der Waals surface area contributed by atoms with E-state index in [0.717, 1.165) is 0 Å². The summed E-state index contributed by atoms with van der Waals surface area (Å²) in [5, 5.41) is 10.1. The van der Waals surface area contributed by atoms with Gasteiger partial charge >= 0.3 is 5.69 Å². The van der Waals surface area contributed by atoms with Gasteiger partial charge in [0.2, 0.25) is 0 Å². The second kappa shape index (κ2) is 7.50. The summed E-state index contributed by atoms with van der Waals surface area (Å²) < 4.78 is 27.1. The molecule has 0 aliphatic carbocycles. The Balaban J connectivity index is 1.68. The molecule has 2 aromatic heterocycles. The monoisotopic (exact) mass is 346 g/mol. The van der Waals surface area contributed by atoms with E-state index < -0.39 is 17.6 Å². The fraction of sp³-hybridized carbons (Fsp3) is 0.278. The van der Waals surface area contributed by atoms with Gasteiger partial charge in [0.15, 0.2) is 0 Å². The zero-order chi connectivity index (χ0) is 17.8. The van der Waals surface area contributed by atoms with Crippen molar-refractivity contribution in [3.05, 3.63) is 76.6 Å². The highest BCUT2D eigenvalue weighted by Crippen LogP contribution is 2.13. The van der Waals surface area contributed by atoms with E-state index in [4.69, 9.17) is 9.15 Å². The van der Waals surface area contributed by atoms with E-state index in [-0.39, 0.29) is 25.4 Å². The first kappa shape index (κ1) is 17.2. The maximum atomic E-state index is 14.0. The van der Waals surface area contributed by atoms with Crippen molar-refractivity contribution in [2.75, 3.05) is 6.61 Å². The van der Waals surface area contributed by atoms with Crippen LogP contribution in [0.1, 0.15) is 11.5 Å². The smallest absolute Gasteiger partial charge is 0.333 e. The number of benzene rings is 1. The molecule has 3 rings (SSSR count). The Morgan fingerprint density at radius 2 is 2.08 bits per heavy atom. The van der Waals surface area contributed by atoms with Gasteiger partial charge in [-0.05, 0) is 31.2 Å². The maximum absolute atomic E-state index is 14.0. The molecule has 1 unspecified atom stereocenters. The maximum Gasteiger partial charge on any atom is 0.333 e. The molecule has 0 bridgehead atoms. The highest BCUT2D eigenvalue weighted by atomic mass is 19.1. The standard InChI is InChI=1S/C18H19FN2O4/c1-13-9-20(10-14(22)11-24-12-15-5-4-8-25-15)18(23)21(13)17-7-3-2-6-16(17)19/h2-9,14,22H,10-12H2,1H3. The minimum atomic E-state index is -0.872. The van der Waals surface area contributed by atoms with Crippen molar-refractivity contribution < 1.29 is 18.7 Å². The zero-order valence-electron chi connectivity index (χ0n) is 13.8. The van der Waals surface area contributed by atoms with E-state index in [9.17, 15) is 14.3 Å². The van der Waals surface area contributed by atoms with Gasteiger partial charge in [0.25, 0.3) is 0 Å². The second-order valence-corrected chi connectivity index (χ2v) is 5.74. The summed E-state index contributed by atoms with van der Waals surface area (Å²) in [5.41, 5.74) is 0.360. The Morgan fingerprint density at radius 1 is 1.28 bits per heavy atom. The van der Waals surface area contributed by atoms with Crippen LogP contribution in [0.25, 0.3) is 5.69 Å². The summed E-state index contributed by atoms with van der Waals surface area (Å²) in [7, 11) is 0. The molecule has 0 saturated heterocycles. The Morgan fingerprint density at radius 3 is 2.80 bits per heavy atom. The van der Waals surface area contributed by atoms with Gasteiger partial charge in [0.1, 0.15) is 18.2 Å². The second-order valence-electron chi connectivity index (χ2n) is 5.74. The fourth-order valence-electron chi connectivity index (χ4n) is 2.64. The molecular formula is C18H19FN2O4. The number of halogens is 1. The molecule has 0 fully saturated rings. The summed E-state index contributed by atoms with van der Waals surface area (Å²) in [6, 6.07) is 9.60. The van der Waals surface area contributed by atoms with E-state index in [2.05, 4.69) is 0 Å². The number of nitrogens with zero attached hydrogens (tertiary/aromatic N) is 2. The fourth-order valence-corrected chi connectivity index (χ4v) is 2.64. The number of aliphatic hydroxyl groups is 1. The Hall–Kier alpha value is -2.64. The van der Waals surface area contributed by atoms with Crippen molar-refractivity contribution in [3.8, 4) is 5.69 Å². The van der Waals surface area contributed by atoms with Gasteiger partial charge in [-0.3, -0.25) is 9.13 Å². The van der Waals surface area contributed by atoms with Crippen LogP contribution in [0.4, 0.5) is 4.39 Å². The lowest BCUT2D eigenvalue weighted by Crippen LogP contribution is -2.30. The van der Waals surface area contributed by atoms with Crippen molar-refractivity contribution in [2.24, 2.45) is 0 Å². The summed E-state index contributed by atoms with van der Waals surface area (Å²) in [6.07, 6.45) is 2.26. The van der Waals surface area contributed by atoms with Crippen molar-refractivity contribution in [1.82, 2.24) is 9.13 Å². The number of para-hydroxylation sites is 1. The van der Waals surface area contributed by atoms with Gasteiger partial charge in [0.05, 0.1) is 31.2 Å². The Bertz CT molecular complexity index is 883. The third-order valence-corrected chi connectivity index (χ3v) is 3.77. The summed E-state index contributed by atoms with van der Waals surface area (Å²) in [4.78, 5) is 12.5. The summed E-state index contributed by atoms with van der Waals surface area (Å²) in [6.45, 7) is 2.06. The molecule has 0 spiro atoms. The molecule has 0 saturated carbocycles. The first-order chi connectivity index (χ1) is 12.1.